The van der Waals surface area contributed by atoms with Gasteiger partial charge in [-0.05, 0) is 37.3 Å². The van der Waals surface area contributed by atoms with Crippen LogP contribution in [-0.2, 0) is 9.53 Å². The summed E-state index contributed by atoms with van der Waals surface area (Å²) >= 11 is 0. The number of hydrogen-bond acceptors (Lipinski definition) is 5. The Morgan fingerprint density at radius 3 is 2.46 bits per heavy atom. The Morgan fingerprint density at radius 1 is 1.29 bits per heavy atom. The largest absolute Gasteiger partial charge is 0.452 e. The molecule has 0 unspecified atom stereocenters. The number of aryl methyl sites for hydroxylation is 1. The summed E-state index contributed by atoms with van der Waals surface area (Å²) in [6.07, 6.45) is 1.09. The minimum atomic E-state index is -0.653. The number of piperidine rings is 1. The molecule has 1 aromatic rings. The molecule has 1 amide bonds. The molecule has 1 aliphatic rings. The Kier molecular flexibility index (Phi) is 5.54. The SMILES string of the molecule is Cc1cc(C(=O)OCC(=O)N2C[C@H](C)C[C@H](C)C2)ccc1[N+](=O)[O-]. The van der Waals surface area contributed by atoms with E-state index >= 15 is 0 Å². The molecule has 2 atom stereocenters. The summed E-state index contributed by atoms with van der Waals surface area (Å²) in [7, 11) is 0. The van der Waals surface area contributed by atoms with E-state index < -0.39 is 10.9 Å². The van der Waals surface area contributed by atoms with Gasteiger partial charge in [-0.3, -0.25) is 14.9 Å². The molecule has 0 bridgehead atoms. The van der Waals surface area contributed by atoms with Crippen molar-refractivity contribution in [2.45, 2.75) is 27.2 Å². The Labute approximate surface area is 140 Å². The van der Waals surface area contributed by atoms with Crippen LogP contribution in [-0.4, -0.2) is 41.4 Å². The monoisotopic (exact) mass is 334 g/mol. The van der Waals surface area contributed by atoms with Crippen molar-refractivity contribution in [3.8, 4) is 0 Å². The van der Waals surface area contributed by atoms with Crippen LogP contribution in [0.3, 0.4) is 0 Å². The number of carbonyl (C=O) groups excluding carboxylic acids is 2. The van der Waals surface area contributed by atoms with Crippen LogP contribution in [0, 0.1) is 28.9 Å². The van der Waals surface area contributed by atoms with Gasteiger partial charge in [-0.2, -0.15) is 0 Å². The summed E-state index contributed by atoms with van der Waals surface area (Å²) in [6.45, 7) is 6.79. The molecule has 0 aromatic heterocycles. The molecule has 2 rings (SSSR count). The highest BCUT2D eigenvalue weighted by Crippen LogP contribution is 2.21. The van der Waals surface area contributed by atoms with Crippen molar-refractivity contribution < 1.29 is 19.2 Å². The number of ether oxygens (including phenoxy) is 1. The van der Waals surface area contributed by atoms with E-state index in [2.05, 4.69) is 13.8 Å². The number of hydrogen-bond donors (Lipinski definition) is 0. The predicted octanol–water partition coefficient (Wildman–Crippen LogP) is 2.56. The fourth-order valence-corrected chi connectivity index (χ4v) is 3.16. The fourth-order valence-electron chi connectivity index (χ4n) is 3.16. The van der Waals surface area contributed by atoms with Gasteiger partial charge in [0.25, 0.3) is 11.6 Å². The standard InChI is InChI=1S/C17H22N2O5/c1-11-6-12(2)9-18(8-11)16(20)10-24-17(21)14-4-5-15(19(22)23)13(3)7-14/h4-5,7,11-12H,6,8-10H2,1-3H3/t11-,12+. The van der Waals surface area contributed by atoms with Crippen molar-refractivity contribution in [3.05, 3.63) is 39.4 Å². The summed E-state index contributed by atoms with van der Waals surface area (Å²) in [5.41, 5.74) is 0.518. The molecule has 0 spiro atoms. The molecule has 0 N–H and O–H groups in total. The second kappa shape index (κ2) is 7.42. The lowest BCUT2D eigenvalue weighted by Crippen LogP contribution is -2.44. The van der Waals surface area contributed by atoms with Crippen LogP contribution < -0.4 is 0 Å². The molecule has 0 aliphatic carbocycles. The lowest BCUT2D eigenvalue weighted by Gasteiger charge is -2.34. The summed E-state index contributed by atoms with van der Waals surface area (Å²) in [4.78, 5) is 36.2. The molecular formula is C17H22N2O5. The third kappa shape index (κ3) is 4.31. The average molecular weight is 334 g/mol. The highest BCUT2D eigenvalue weighted by Gasteiger charge is 2.26. The molecule has 1 aliphatic heterocycles. The predicted molar refractivity (Wildman–Crippen MR) is 87.6 cm³/mol. The van der Waals surface area contributed by atoms with Gasteiger partial charge >= 0.3 is 5.97 Å². The van der Waals surface area contributed by atoms with Gasteiger partial charge in [0.2, 0.25) is 0 Å². The van der Waals surface area contributed by atoms with Crippen LogP contribution in [0.2, 0.25) is 0 Å². The van der Waals surface area contributed by atoms with Crippen molar-refractivity contribution >= 4 is 17.6 Å². The number of rotatable bonds is 4. The second-order valence-electron chi connectivity index (χ2n) is 6.58. The Balaban J connectivity index is 1.94. The maximum Gasteiger partial charge on any atom is 0.338 e. The van der Waals surface area contributed by atoms with Crippen LogP contribution in [0.25, 0.3) is 0 Å². The van der Waals surface area contributed by atoms with Crippen LogP contribution in [0.4, 0.5) is 5.69 Å². The number of nitro benzene ring substituents is 1. The van der Waals surface area contributed by atoms with Gasteiger partial charge in [-0.1, -0.05) is 13.8 Å². The molecule has 24 heavy (non-hydrogen) atoms. The fraction of sp³-hybridized carbons (Fsp3) is 0.529. The molecule has 130 valence electrons. The topological polar surface area (TPSA) is 89.8 Å². The molecule has 1 heterocycles. The molecule has 7 nitrogen and oxygen atoms in total. The van der Waals surface area contributed by atoms with E-state index in [0.717, 1.165) is 6.42 Å². The minimum Gasteiger partial charge on any atom is -0.452 e. The number of likely N-dealkylation sites (tertiary alicyclic amines) is 1. The first-order chi connectivity index (χ1) is 11.3. The lowest BCUT2D eigenvalue weighted by molar-refractivity contribution is -0.385. The van der Waals surface area contributed by atoms with Gasteiger partial charge in [-0.25, -0.2) is 4.79 Å². The molecular weight excluding hydrogens is 312 g/mol. The van der Waals surface area contributed by atoms with Crippen LogP contribution in [0.1, 0.15) is 36.2 Å². The van der Waals surface area contributed by atoms with Gasteiger partial charge in [0.05, 0.1) is 10.5 Å². The zero-order chi connectivity index (χ0) is 17.9. The molecule has 0 saturated carbocycles. The number of benzene rings is 1. The lowest BCUT2D eigenvalue weighted by atomic mass is 9.92. The van der Waals surface area contributed by atoms with Gasteiger partial charge in [0, 0.05) is 24.7 Å². The number of nitrogens with zero attached hydrogens (tertiary/aromatic N) is 2. The highest BCUT2D eigenvalue weighted by atomic mass is 16.6. The highest BCUT2D eigenvalue weighted by molar-refractivity contribution is 5.91. The van der Waals surface area contributed by atoms with Crippen LogP contribution >= 0.6 is 0 Å². The first-order valence-corrected chi connectivity index (χ1v) is 7.98. The van der Waals surface area contributed by atoms with E-state index in [4.69, 9.17) is 4.74 Å². The van der Waals surface area contributed by atoms with Crippen LogP contribution in [0.15, 0.2) is 18.2 Å². The summed E-state index contributed by atoms with van der Waals surface area (Å²) in [5, 5.41) is 10.8. The molecule has 7 heteroatoms. The second-order valence-corrected chi connectivity index (χ2v) is 6.58. The summed E-state index contributed by atoms with van der Waals surface area (Å²) in [6, 6.07) is 4.00. The smallest absolute Gasteiger partial charge is 0.338 e. The van der Waals surface area contributed by atoms with Gasteiger partial charge < -0.3 is 9.64 Å². The maximum atomic E-state index is 12.2. The Hall–Kier alpha value is -2.44. The quantitative estimate of drug-likeness (QED) is 0.479. The number of amides is 1. The van der Waals surface area contributed by atoms with Gasteiger partial charge in [0.1, 0.15) is 0 Å². The van der Waals surface area contributed by atoms with Gasteiger partial charge in [-0.15, -0.1) is 0 Å². The number of carbonyl (C=O) groups is 2. The van der Waals surface area contributed by atoms with E-state index in [0.29, 0.717) is 30.5 Å². The third-order valence-corrected chi connectivity index (χ3v) is 4.18. The van der Waals surface area contributed by atoms with E-state index in [9.17, 15) is 19.7 Å². The first-order valence-electron chi connectivity index (χ1n) is 7.98. The van der Waals surface area contributed by atoms with Crippen molar-refractivity contribution in [1.29, 1.82) is 0 Å². The average Bonchev–Trinajstić information content (AvgIpc) is 2.50. The molecule has 1 aromatic carbocycles. The van der Waals surface area contributed by atoms with Crippen molar-refractivity contribution in [2.24, 2.45) is 11.8 Å². The Morgan fingerprint density at radius 2 is 1.92 bits per heavy atom. The number of nitro groups is 1. The molecule has 0 radical (unpaired) electrons. The van der Waals surface area contributed by atoms with Crippen molar-refractivity contribution in [1.82, 2.24) is 4.90 Å². The molecule has 1 saturated heterocycles. The van der Waals surface area contributed by atoms with E-state index in [1.54, 1.807) is 11.8 Å². The van der Waals surface area contributed by atoms with Crippen molar-refractivity contribution in [2.75, 3.05) is 19.7 Å². The van der Waals surface area contributed by atoms with E-state index in [1.807, 2.05) is 0 Å². The van der Waals surface area contributed by atoms with Gasteiger partial charge in [0.15, 0.2) is 6.61 Å². The zero-order valence-corrected chi connectivity index (χ0v) is 14.2. The maximum absolute atomic E-state index is 12.2. The number of esters is 1. The zero-order valence-electron chi connectivity index (χ0n) is 14.2. The van der Waals surface area contributed by atoms with E-state index in [-0.39, 0.29) is 23.8 Å². The summed E-state index contributed by atoms with van der Waals surface area (Å²) in [5.74, 6) is 0.0104. The first kappa shape index (κ1) is 17.9. The van der Waals surface area contributed by atoms with Crippen LogP contribution in [0.5, 0.6) is 0 Å². The summed E-state index contributed by atoms with van der Waals surface area (Å²) < 4.78 is 5.07. The normalized spacial score (nSPS) is 20.5. The van der Waals surface area contributed by atoms with Crippen molar-refractivity contribution in [3.63, 3.8) is 0 Å². The third-order valence-electron chi connectivity index (χ3n) is 4.18. The van der Waals surface area contributed by atoms with E-state index in [1.165, 1.54) is 18.2 Å². The Bertz CT molecular complexity index is 648. The minimum absolute atomic E-state index is 0.0566. The molecule has 1 fully saturated rings.